The van der Waals surface area contributed by atoms with Crippen LogP contribution in [0, 0.1) is 6.92 Å². The van der Waals surface area contributed by atoms with Crippen LogP contribution in [0.5, 0.6) is 0 Å². The molecule has 2 aromatic rings. The summed E-state index contributed by atoms with van der Waals surface area (Å²) in [6, 6.07) is 1.93. The van der Waals surface area contributed by atoms with E-state index in [1.807, 2.05) is 10.7 Å². The van der Waals surface area contributed by atoms with Crippen molar-refractivity contribution in [3.05, 3.63) is 33.0 Å². The van der Waals surface area contributed by atoms with Gasteiger partial charge in [0, 0.05) is 38.6 Å². The Morgan fingerprint density at radius 1 is 1.42 bits per heavy atom. The minimum atomic E-state index is -0.854. The molecular weight excluding hydrogens is 350 g/mol. The van der Waals surface area contributed by atoms with E-state index in [9.17, 15) is 9.90 Å². The molecule has 26 heavy (non-hydrogen) atoms. The molecule has 2 aromatic heterocycles. The zero-order valence-corrected chi connectivity index (χ0v) is 16.7. The highest BCUT2D eigenvalue weighted by Gasteiger charge is 2.24. The number of fused-ring (bicyclic) bond motifs is 1. The van der Waals surface area contributed by atoms with Crippen molar-refractivity contribution in [1.29, 1.82) is 0 Å². The largest absolute Gasteiger partial charge is 0.386 e. The number of amides is 1. The second kappa shape index (κ2) is 7.85. The van der Waals surface area contributed by atoms with E-state index in [2.05, 4.69) is 28.8 Å². The van der Waals surface area contributed by atoms with Crippen molar-refractivity contribution < 1.29 is 9.90 Å². The van der Waals surface area contributed by atoms with Gasteiger partial charge in [0.1, 0.15) is 6.10 Å². The first-order chi connectivity index (χ1) is 12.4. The molecule has 0 saturated heterocycles. The van der Waals surface area contributed by atoms with Crippen LogP contribution in [0.2, 0.25) is 0 Å². The van der Waals surface area contributed by atoms with Crippen LogP contribution in [0.1, 0.15) is 46.4 Å². The summed E-state index contributed by atoms with van der Waals surface area (Å²) in [4.78, 5) is 21.6. The minimum absolute atomic E-state index is 0.0627. The summed E-state index contributed by atoms with van der Waals surface area (Å²) < 4.78 is 1.95. The van der Waals surface area contributed by atoms with Gasteiger partial charge in [-0.15, -0.1) is 11.3 Å². The molecule has 0 spiro atoms. The lowest BCUT2D eigenvalue weighted by Crippen LogP contribution is -2.33. The number of aryl methyl sites for hydroxylation is 2. The molecule has 0 aliphatic carbocycles. The van der Waals surface area contributed by atoms with E-state index >= 15 is 0 Å². The number of rotatable bonds is 6. The summed E-state index contributed by atoms with van der Waals surface area (Å²) in [5.41, 5.74) is 2.87. The molecule has 142 valence electrons. The monoisotopic (exact) mass is 377 g/mol. The van der Waals surface area contributed by atoms with Gasteiger partial charge in [0.15, 0.2) is 0 Å². The van der Waals surface area contributed by atoms with Gasteiger partial charge in [-0.25, -0.2) is 4.98 Å². The lowest BCUT2D eigenvalue weighted by atomic mass is 10.1. The highest BCUT2D eigenvalue weighted by molar-refractivity contribution is 7.11. The Kier molecular flexibility index (Phi) is 5.74. The summed E-state index contributed by atoms with van der Waals surface area (Å²) in [7, 11) is 3.38. The van der Waals surface area contributed by atoms with Crippen LogP contribution in [0.4, 0.5) is 0 Å². The predicted molar refractivity (Wildman–Crippen MR) is 101 cm³/mol. The van der Waals surface area contributed by atoms with Crippen molar-refractivity contribution in [3.63, 3.8) is 0 Å². The molecular formula is C18H27N5O2S. The zero-order chi connectivity index (χ0) is 18.8. The van der Waals surface area contributed by atoms with Crippen LogP contribution in [0.3, 0.4) is 0 Å². The number of hydrogen-bond donors (Lipinski definition) is 1. The van der Waals surface area contributed by atoms with Crippen molar-refractivity contribution in [2.24, 2.45) is 0 Å². The number of thiazole rings is 1. The molecule has 1 atom stereocenters. The van der Waals surface area contributed by atoms with Crippen molar-refractivity contribution in [3.8, 4) is 0 Å². The van der Waals surface area contributed by atoms with E-state index in [4.69, 9.17) is 0 Å². The maximum Gasteiger partial charge on any atom is 0.225 e. The number of aliphatic hydroxyl groups excluding tert-OH is 1. The molecule has 0 unspecified atom stereocenters. The normalized spacial score (nSPS) is 15.7. The smallest absolute Gasteiger partial charge is 0.225 e. The van der Waals surface area contributed by atoms with Gasteiger partial charge in [-0.1, -0.05) is 6.92 Å². The molecule has 0 fully saturated rings. The van der Waals surface area contributed by atoms with E-state index < -0.39 is 6.10 Å². The second-order valence-electron chi connectivity index (χ2n) is 6.96. The standard InChI is InChI=1S/C18H27N5O2S/c1-5-14-17(26-12(2)19-14)11-22-6-7-23-13(10-22)8-15(20-23)16(24)9-18(25)21(3)4/h8,16,24H,5-7,9-11H2,1-4H3/t16-/m1/s1. The van der Waals surface area contributed by atoms with Gasteiger partial charge in [0.05, 0.1) is 35.1 Å². The Bertz CT molecular complexity index is 783. The third-order valence-electron chi connectivity index (χ3n) is 4.69. The summed E-state index contributed by atoms with van der Waals surface area (Å²) in [5.74, 6) is -0.0993. The van der Waals surface area contributed by atoms with E-state index in [0.717, 1.165) is 43.3 Å². The third-order valence-corrected chi connectivity index (χ3v) is 5.69. The van der Waals surface area contributed by atoms with Crippen LogP contribution in [0.15, 0.2) is 6.07 Å². The number of hydrogen-bond acceptors (Lipinski definition) is 6. The maximum atomic E-state index is 11.8. The fourth-order valence-corrected chi connectivity index (χ4v) is 4.28. The molecule has 0 radical (unpaired) electrons. The second-order valence-corrected chi connectivity index (χ2v) is 8.25. The predicted octanol–water partition coefficient (Wildman–Crippen LogP) is 1.74. The van der Waals surface area contributed by atoms with Crippen LogP contribution in [-0.4, -0.2) is 56.2 Å². The molecule has 3 rings (SSSR count). The molecule has 0 saturated carbocycles. The highest BCUT2D eigenvalue weighted by Crippen LogP contribution is 2.25. The Morgan fingerprint density at radius 3 is 2.88 bits per heavy atom. The van der Waals surface area contributed by atoms with E-state index in [1.54, 1.807) is 25.4 Å². The molecule has 8 heteroatoms. The lowest BCUT2D eigenvalue weighted by Gasteiger charge is -2.27. The van der Waals surface area contributed by atoms with Gasteiger partial charge in [-0.05, 0) is 19.4 Å². The summed E-state index contributed by atoms with van der Waals surface area (Å²) in [6.45, 7) is 7.61. The minimum Gasteiger partial charge on any atom is -0.386 e. The van der Waals surface area contributed by atoms with Gasteiger partial charge in [-0.2, -0.15) is 5.10 Å². The molecule has 7 nitrogen and oxygen atoms in total. The summed E-state index contributed by atoms with van der Waals surface area (Å²) in [6.07, 6.45) is 0.168. The first kappa shape index (κ1) is 19.0. The van der Waals surface area contributed by atoms with Crippen LogP contribution < -0.4 is 0 Å². The molecule has 3 heterocycles. The van der Waals surface area contributed by atoms with Crippen LogP contribution in [0.25, 0.3) is 0 Å². The van der Waals surface area contributed by atoms with Crippen molar-refractivity contribution >= 4 is 17.2 Å². The Labute approximate surface area is 158 Å². The van der Waals surface area contributed by atoms with Gasteiger partial charge >= 0.3 is 0 Å². The van der Waals surface area contributed by atoms with Gasteiger partial charge in [0.2, 0.25) is 5.91 Å². The van der Waals surface area contributed by atoms with Gasteiger partial charge < -0.3 is 10.0 Å². The quantitative estimate of drug-likeness (QED) is 0.830. The van der Waals surface area contributed by atoms with Crippen molar-refractivity contribution in [2.45, 2.75) is 52.4 Å². The van der Waals surface area contributed by atoms with Crippen LogP contribution >= 0.6 is 11.3 Å². The Balaban J connectivity index is 1.67. The molecule has 1 amide bonds. The summed E-state index contributed by atoms with van der Waals surface area (Å²) >= 11 is 1.78. The zero-order valence-electron chi connectivity index (χ0n) is 15.9. The first-order valence-electron chi connectivity index (χ1n) is 8.99. The lowest BCUT2D eigenvalue weighted by molar-refractivity contribution is -0.130. The first-order valence-corrected chi connectivity index (χ1v) is 9.81. The molecule has 0 bridgehead atoms. The Morgan fingerprint density at radius 2 is 2.19 bits per heavy atom. The topological polar surface area (TPSA) is 74.5 Å². The highest BCUT2D eigenvalue weighted by atomic mass is 32.1. The number of carbonyl (C=O) groups is 1. The molecule has 1 aliphatic rings. The third kappa shape index (κ3) is 4.13. The van der Waals surface area contributed by atoms with Gasteiger partial charge in [0.25, 0.3) is 0 Å². The number of aromatic nitrogens is 3. The van der Waals surface area contributed by atoms with Gasteiger partial charge in [-0.3, -0.25) is 14.4 Å². The van der Waals surface area contributed by atoms with Crippen molar-refractivity contribution in [2.75, 3.05) is 20.6 Å². The summed E-state index contributed by atoms with van der Waals surface area (Å²) in [5, 5.41) is 15.9. The fraction of sp³-hybridized carbons (Fsp3) is 0.611. The van der Waals surface area contributed by atoms with Crippen LogP contribution in [-0.2, 0) is 30.8 Å². The number of nitrogens with zero attached hydrogens (tertiary/aromatic N) is 5. The van der Waals surface area contributed by atoms with E-state index in [-0.39, 0.29) is 12.3 Å². The Hall–Kier alpha value is -1.77. The average Bonchev–Trinajstić information content (AvgIpc) is 3.17. The molecule has 1 N–H and O–H groups in total. The average molecular weight is 378 g/mol. The number of carbonyl (C=O) groups excluding carboxylic acids is 1. The molecule has 0 aromatic carbocycles. The SMILES string of the molecule is CCc1nc(C)sc1CN1CCn2nc([C@H](O)CC(=O)N(C)C)cc2C1. The van der Waals surface area contributed by atoms with Crippen molar-refractivity contribution in [1.82, 2.24) is 24.6 Å². The molecule has 1 aliphatic heterocycles. The maximum absolute atomic E-state index is 11.8. The van der Waals surface area contributed by atoms with E-state index in [1.165, 1.54) is 15.5 Å². The number of aliphatic hydroxyl groups is 1. The fourth-order valence-electron chi connectivity index (χ4n) is 3.21. The van der Waals surface area contributed by atoms with E-state index in [0.29, 0.717) is 5.69 Å².